The van der Waals surface area contributed by atoms with Gasteiger partial charge in [0.15, 0.2) is 6.29 Å². The molecular weight excluding hydrogens is 168 g/mol. The van der Waals surface area contributed by atoms with E-state index in [1.54, 1.807) is 6.08 Å². The van der Waals surface area contributed by atoms with Gasteiger partial charge in [-0.3, -0.25) is 0 Å². The SMILES string of the molecule is C=CC[C@@H](O)CC(OCC)OCC. The summed E-state index contributed by atoms with van der Waals surface area (Å²) in [6, 6.07) is 0. The molecule has 0 aromatic rings. The topological polar surface area (TPSA) is 38.7 Å². The zero-order valence-corrected chi connectivity index (χ0v) is 8.53. The minimum absolute atomic E-state index is 0.287. The van der Waals surface area contributed by atoms with Crippen molar-refractivity contribution < 1.29 is 14.6 Å². The fraction of sp³-hybridized carbons (Fsp3) is 0.800. The molecule has 0 aliphatic heterocycles. The molecule has 0 aromatic heterocycles. The predicted octanol–water partition coefficient (Wildman–Crippen LogP) is 1.71. The van der Waals surface area contributed by atoms with E-state index in [0.29, 0.717) is 26.1 Å². The smallest absolute Gasteiger partial charge is 0.160 e. The Balaban J connectivity index is 3.70. The zero-order chi connectivity index (χ0) is 10.1. The van der Waals surface area contributed by atoms with Gasteiger partial charge in [-0.15, -0.1) is 6.58 Å². The minimum Gasteiger partial charge on any atom is -0.393 e. The third-order valence-corrected chi connectivity index (χ3v) is 1.61. The molecule has 13 heavy (non-hydrogen) atoms. The Kier molecular flexibility index (Phi) is 7.99. The average molecular weight is 188 g/mol. The Labute approximate surface area is 80.4 Å². The van der Waals surface area contributed by atoms with Gasteiger partial charge in [0.25, 0.3) is 0 Å². The first kappa shape index (κ1) is 12.6. The number of ether oxygens (including phenoxy) is 2. The number of rotatable bonds is 8. The molecule has 0 unspecified atom stereocenters. The van der Waals surface area contributed by atoms with E-state index < -0.39 is 6.10 Å². The molecule has 0 spiro atoms. The molecule has 0 saturated carbocycles. The van der Waals surface area contributed by atoms with E-state index in [2.05, 4.69) is 6.58 Å². The van der Waals surface area contributed by atoms with Crippen molar-refractivity contribution in [1.29, 1.82) is 0 Å². The lowest BCUT2D eigenvalue weighted by atomic mass is 10.2. The summed E-state index contributed by atoms with van der Waals surface area (Å²) in [5.74, 6) is 0. The van der Waals surface area contributed by atoms with Gasteiger partial charge in [0.2, 0.25) is 0 Å². The lowest BCUT2D eigenvalue weighted by Gasteiger charge is -2.19. The van der Waals surface area contributed by atoms with Crippen molar-refractivity contribution in [3.63, 3.8) is 0 Å². The Hall–Kier alpha value is -0.380. The van der Waals surface area contributed by atoms with Crippen molar-refractivity contribution in [3.05, 3.63) is 12.7 Å². The van der Waals surface area contributed by atoms with E-state index in [4.69, 9.17) is 9.47 Å². The van der Waals surface area contributed by atoms with Gasteiger partial charge in [-0.05, 0) is 20.3 Å². The van der Waals surface area contributed by atoms with E-state index in [1.165, 1.54) is 0 Å². The quantitative estimate of drug-likeness (QED) is 0.465. The van der Waals surface area contributed by atoms with E-state index in [-0.39, 0.29) is 6.29 Å². The number of hydrogen-bond donors (Lipinski definition) is 1. The zero-order valence-electron chi connectivity index (χ0n) is 8.53. The van der Waals surface area contributed by atoms with Gasteiger partial charge in [0.1, 0.15) is 0 Å². The fourth-order valence-corrected chi connectivity index (χ4v) is 1.07. The average Bonchev–Trinajstić information content (AvgIpc) is 2.05. The molecule has 3 heteroatoms. The summed E-state index contributed by atoms with van der Waals surface area (Å²) >= 11 is 0. The van der Waals surface area contributed by atoms with Crippen LogP contribution in [0, 0.1) is 0 Å². The summed E-state index contributed by atoms with van der Waals surface area (Å²) in [6.07, 6.45) is 2.08. The maximum absolute atomic E-state index is 9.44. The van der Waals surface area contributed by atoms with Crippen molar-refractivity contribution in [2.75, 3.05) is 13.2 Å². The molecule has 1 atom stereocenters. The van der Waals surface area contributed by atoms with Crippen LogP contribution in [-0.4, -0.2) is 30.7 Å². The summed E-state index contributed by atoms with van der Waals surface area (Å²) in [5, 5.41) is 9.44. The van der Waals surface area contributed by atoms with Gasteiger partial charge in [-0.1, -0.05) is 6.08 Å². The van der Waals surface area contributed by atoms with Gasteiger partial charge in [-0.2, -0.15) is 0 Å². The maximum atomic E-state index is 9.44. The number of hydrogen-bond acceptors (Lipinski definition) is 3. The van der Waals surface area contributed by atoms with Crippen LogP contribution >= 0.6 is 0 Å². The normalized spacial score (nSPS) is 13.2. The van der Waals surface area contributed by atoms with E-state index in [1.807, 2.05) is 13.8 Å². The van der Waals surface area contributed by atoms with Gasteiger partial charge in [0, 0.05) is 19.6 Å². The second-order valence-electron chi connectivity index (χ2n) is 2.75. The second-order valence-corrected chi connectivity index (χ2v) is 2.75. The molecule has 0 aliphatic carbocycles. The molecule has 0 rings (SSSR count). The summed E-state index contributed by atoms with van der Waals surface area (Å²) in [5.41, 5.74) is 0. The molecule has 0 radical (unpaired) electrons. The van der Waals surface area contributed by atoms with Crippen LogP contribution in [0.15, 0.2) is 12.7 Å². The minimum atomic E-state index is -0.416. The monoisotopic (exact) mass is 188 g/mol. The van der Waals surface area contributed by atoms with Gasteiger partial charge in [0.05, 0.1) is 6.10 Å². The second kappa shape index (κ2) is 8.23. The molecular formula is C10H20O3. The van der Waals surface area contributed by atoms with Crippen molar-refractivity contribution in [2.24, 2.45) is 0 Å². The lowest BCUT2D eigenvalue weighted by molar-refractivity contribution is -0.152. The van der Waals surface area contributed by atoms with Crippen LogP contribution in [0.1, 0.15) is 26.7 Å². The van der Waals surface area contributed by atoms with Crippen LogP contribution in [-0.2, 0) is 9.47 Å². The highest BCUT2D eigenvalue weighted by Gasteiger charge is 2.13. The Morgan fingerprint density at radius 1 is 1.31 bits per heavy atom. The predicted molar refractivity (Wildman–Crippen MR) is 52.5 cm³/mol. The molecule has 0 aliphatic rings. The fourth-order valence-electron chi connectivity index (χ4n) is 1.07. The Morgan fingerprint density at radius 3 is 2.23 bits per heavy atom. The number of aliphatic hydroxyl groups excluding tert-OH is 1. The van der Waals surface area contributed by atoms with Gasteiger partial charge < -0.3 is 14.6 Å². The highest BCUT2D eigenvalue weighted by molar-refractivity contribution is 4.72. The van der Waals surface area contributed by atoms with Crippen LogP contribution in [0.5, 0.6) is 0 Å². The molecule has 0 heterocycles. The van der Waals surface area contributed by atoms with Crippen LogP contribution in [0.4, 0.5) is 0 Å². The first-order valence-corrected chi connectivity index (χ1v) is 4.76. The molecule has 0 aromatic carbocycles. The summed E-state index contributed by atoms with van der Waals surface area (Å²) in [7, 11) is 0. The third-order valence-electron chi connectivity index (χ3n) is 1.61. The molecule has 0 bridgehead atoms. The van der Waals surface area contributed by atoms with E-state index in [0.717, 1.165) is 0 Å². The van der Waals surface area contributed by atoms with Crippen molar-refractivity contribution >= 4 is 0 Å². The molecule has 0 fully saturated rings. The largest absolute Gasteiger partial charge is 0.393 e. The van der Waals surface area contributed by atoms with Gasteiger partial charge in [-0.25, -0.2) is 0 Å². The highest BCUT2D eigenvalue weighted by Crippen LogP contribution is 2.07. The summed E-state index contributed by atoms with van der Waals surface area (Å²) in [6.45, 7) is 8.58. The first-order chi connectivity index (χ1) is 6.24. The molecule has 78 valence electrons. The van der Waals surface area contributed by atoms with Gasteiger partial charge >= 0.3 is 0 Å². The first-order valence-electron chi connectivity index (χ1n) is 4.76. The number of aliphatic hydroxyl groups is 1. The van der Waals surface area contributed by atoms with Crippen LogP contribution < -0.4 is 0 Å². The Morgan fingerprint density at radius 2 is 1.85 bits per heavy atom. The molecule has 3 nitrogen and oxygen atoms in total. The molecule has 1 N–H and O–H groups in total. The highest BCUT2D eigenvalue weighted by atomic mass is 16.7. The lowest BCUT2D eigenvalue weighted by Crippen LogP contribution is -2.23. The van der Waals surface area contributed by atoms with Crippen LogP contribution in [0.25, 0.3) is 0 Å². The van der Waals surface area contributed by atoms with Crippen LogP contribution in [0.3, 0.4) is 0 Å². The van der Waals surface area contributed by atoms with Crippen molar-refractivity contribution in [3.8, 4) is 0 Å². The Bertz CT molecular complexity index is 119. The maximum Gasteiger partial charge on any atom is 0.160 e. The van der Waals surface area contributed by atoms with E-state index in [9.17, 15) is 5.11 Å². The van der Waals surface area contributed by atoms with E-state index >= 15 is 0 Å². The van der Waals surface area contributed by atoms with Crippen LogP contribution in [0.2, 0.25) is 0 Å². The third kappa shape index (κ3) is 6.75. The summed E-state index contributed by atoms with van der Waals surface area (Å²) in [4.78, 5) is 0. The molecule has 0 amide bonds. The molecule has 0 saturated heterocycles. The standard InChI is InChI=1S/C10H20O3/c1-4-7-9(11)8-10(12-5-2)13-6-3/h4,9-11H,1,5-8H2,2-3H3/t9-/m1/s1. The summed E-state index contributed by atoms with van der Waals surface area (Å²) < 4.78 is 10.6. The van der Waals surface area contributed by atoms with Crippen molar-refractivity contribution in [2.45, 2.75) is 39.1 Å². The van der Waals surface area contributed by atoms with Crippen molar-refractivity contribution in [1.82, 2.24) is 0 Å².